The molecule has 2 aromatic rings. The van der Waals surface area contributed by atoms with E-state index in [1.54, 1.807) is 24.3 Å². The molecule has 1 aromatic heterocycles. The fraction of sp³-hybridized carbons (Fsp3) is 0.292. The molecule has 1 heterocycles. The number of nitrogens with one attached hydrogen (secondary N) is 1. The van der Waals surface area contributed by atoms with Crippen molar-refractivity contribution in [3.05, 3.63) is 84.2 Å². The van der Waals surface area contributed by atoms with E-state index in [9.17, 15) is 13.2 Å². The van der Waals surface area contributed by atoms with E-state index < -0.39 is 11.4 Å². The van der Waals surface area contributed by atoms with Crippen LogP contribution >= 0.6 is 11.8 Å². The third-order valence-electron chi connectivity index (χ3n) is 5.32. The average Bonchev–Trinajstić information content (AvgIpc) is 3.20. The molecule has 3 nitrogen and oxygen atoms in total. The van der Waals surface area contributed by atoms with Crippen LogP contribution in [0, 0.1) is 0 Å². The van der Waals surface area contributed by atoms with Crippen molar-refractivity contribution < 1.29 is 13.2 Å². The number of hydrogen-bond donors (Lipinski definition) is 1. The number of allylic oxidation sites excluding steroid dienone is 5. The fourth-order valence-corrected chi connectivity index (χ4v) is 4.39. The van der Waals surface area contributed by atoms with Crippen molar-refractivity contribution in [3.63, 3.8) is 0 Å². The summed E-state index contributed by atoms with van der Waals surface area (Å²) in [6.45, 7) is 4.48. The van der Waals surface area contributed by atoms with E-state index in [2.05, 4.69) is 23.1 Å². The summed E-state index contributed by atoms with van der Waals surface area (Å²) in [5, 5.41) is 5.01. The van der Waals surface area contributed by atoms with E-state index in [-0.39, 0.29) is 0 Å². The molecular formula is C24H24F3N3S. The number of rotatable bonds is 8. The Kier molecular flexibility index (Phi) is 6.53. The van der Waals surface area contributed by atoms with Crippen molar-refractivity contribution in [2.24, 2.45) is 0 Å². The Morgan fingerprint density at radius 3 is 2.74 bits per heavy atom. The molecule has 0 saturated carbocycles. The quantitative estimate of drug-likeness (QED) is 0.400. The van der Waals surface area contributed by atoms with Crippen LogP contribution in [-0.4, -0.2) is 27.8 Å². The van der Waals surface area contributed by atoms with Gasteiger partial charge < -0.3 is 5.32 Å². The first-order chi connectivity index (χ1) is 14.9. The third-order valence-corrected chi connectivity index (χ3v) is 6.27. The number of hydrogen-bond acceptors (Lipinski definition) is 3. The highest BCUT2D eigenvalue weighted by molar-refractivity contribution is 8.00. The van der Waals surface area contributed by atoms with Crippen LogP contribution < -0.4 is 5.32 Å². The minimum atomic E-state index is -2.97. The van der Waals surface area contributed by atoms with Crippen LogP contribution in [0.1, 0.15) is 29.7 Å². The lowest BCUT2D eigenvalue weighted by Gasteiger charge is -2.18. The summed E-state index contributed by atoms with van der Waals surface area (Å²) in [6.07, 6.45) is 11.3. The molecule has 7 heteroatoms. The van der Waals surface area contributed by atoms with Crippen LogP contribution in [-0.2, 0) is 13.0 Å². The second kappa shape index (κ2) is 9.32. The number of aromatic nitrogens is 2. The topological polar surface area (TPSA) is 29.9 Å². The van der Waals surface area contributed by atoms with Gasteiger partial charge in [-0.1, -0.05) is 30.9 Å². The molecule has 4 rings (SSSR count). The van der Waals surface area contributed by atoms with Gasteiger partial charge in [-0.25, -0.2) is 9.07 Å². The summed E-state index contributed by atoms with van der Waals surface area (Å²) in [5.74, 6) is 0. The lowest BCUT2D eigenvalue weighted by atomic mass is 9.96. The maximum Gasteiger partial charge on any atom is 0.316 e. The summed E-state index contributed by atoms with van der Waals surface area (Å²) in [4.78, 5) is 0.505. The van der Waals surface area contributed by atoms with Crippen molar-refractivity contribution in [1.29, 1.82) is 0 Å². The van der Waals surface area contributed by atoms with Gasteiger partial charge in [0.05, 0.1) is 17.6 Å². The summed E-state index contributed by atoms with van der Waals surface area (Å²) in [5.41, 5.74) is 5.40. The Morgan fingerprint density at radius 1 is 1.23 bits per heavy atom. The minimum absolute atomic E-state index is 0.382. The standard InChI is InChI=1S/C24H24F3N3S/c1-2-24(26,27)31-21-12-6-17(7-13-21)14-28-15-18-4-3-5-23-22(18)16-29-30(23)20-10-8-19(25)9-11-20/h2,4,6-8,10-13,16,19,28H,1,3,5,9,14-15H2. The number of fused-ring (bicyclic) bond motifs is 1. The summed E-state index contributed by atoms with van der Waals surface area (Å²) < 4.78 is 42.1. The Balaban J connectivity index is 1.36. The number of nitrogens with zero attached hydrogens (tertiary/aromatic N) is 2. The van der Waals surface area contributed by atoms with Crippen LogP contribution in [0.4, 0.5) is 13.2 Å². The van der Waals surface area contributed by atoms with E-state index in [0.717, 1.165) is 35.4 Å². The van der Waals surface area contributed by atoms with Gasteiger partial charge in [0.25, 0.3) is 0 Å². The van der Waals surface area contributed by atoms with Gasteiger partial charge in [-0.05, 0) is 66.1 Å². The van der Waals surface area contributed by atoms with E-state index in [1.165, 1.54) is 5.57 Å². The summed E-state index contributed by atoms with van der Waals surface area (Å²) in [6, 6.07) is 7.11. The maximum absolute atomic E-state index is 13.4. The van der Waals surface area contributed by atoms with Crippen molar-refractivity contribution in [1.82, 2.24) is 15.1 Å². The van der Waals surface area contributed by atoms with Crippen LogP contribution in [0.5, 0.6) is 0 Å². The zero-order valence-corrected chi connectivity index (χ0v) is 17.8. The predicted octanol–water partition coefficient (Wildman–Crippen LogP) is 6.01. The van der Waals surface area contributed by atoms with Crippen LogP contribution in [0.25, 0.3) is 11.3 Å². The molecule has 0 spiro atoms. The molecule has 1 atom stereocenters. The number of thioether (sulfide) groups is 1. The van der Waals surface area contributed by atoms with Gasteiger partial charge in [0, 0.05) is 30.0 Å². The molecule has 0 fully saturated rings. The second-order valence-electron chi connectivity index (χ2n) is 7.54. The van der Waals surface area contributed by atoms with Gasteiger partial charge in [0.2, 0.25) is 0 Å². The molecule has 0 aliphatic heterocycles. The Labute approximate surface area is 184 Å². The highest BCUT2D eigenvalue weighted by Gasteiger charge is 2.25. The Hall–Kier alpha value is -2.51. The lowest BCUT2D eigenvalue weighted by Crippen LogP contribution is -2.18. The van der Waals surface area contributed by atoms with E-state index >= 15 is 0 Å². The van der Waals surface area contributed by atoms with Gasteiger partial charge in [0.1, 0.15) is 6.17 Å². The van der Waals surface area contributed by atoms with Gasteiger partial charge in [-0.3, -0.25) is 0 Å². The molecular weight excluding hydrogens is 419 g/mol. The van der Waals surface area contributed by atoms with E-state index in [4.69, 9.17) is 0 Å². The van der Waals surface area contributed by atoms with Crippen LogP contribution in [0.15, 0.2) is 72.3 Å². The zero-order chi connectivity index (χ0) is 21.8. The van der Waals surface area contributed by atoms with Crippen molar-refractivity contribution in [3.8, 4) is 0 Å². The summed E-state index contributed by atoms with van der Waals surface area (Å²) >= 11 is 0.487. The smallest absolute Gasteiger partial charge is 0.309 e. The number of benzene rings is 1. The third kappa shape index (κ3) is 5.22. The molecule has 0 saturated heterocycles. The average molecular weight is 444 g/mol. The van der Waals surface area contributed by atoms with Gasteiger partial charge in [-0.2, -0.15) is 13.9 Å². The van der Waals surface area contributed by atoms with E-state index in [1.807, 2.05) is 29.1 Å². The molecule has 0 amide bonds. The highest BCUT2D eigenvalue weighted by Crippen LogP contribution is 2.36. The van der Waals surface area contributed by atoms with Crippen molar-refractivity contribution in [2.45, 2.75) is 42.1 Å². The first kappa shape index (κ1) is 21.7. The van der Waals surface area contributed by atoms with Crippen molar-refractivity contribution >= 4 is 23.0 Å². The van der Waals surface area contributed by atoms with Gasteiger partial charge >= 0.3 is 5.25 Å². The molecule has 31 heavy (non-hydrogen) atoms. The molecule has 1 unspecified atom stereocenters. The molecule has 1 aromatic carbocycles. The monoisotopic (exact) mass is 443 g/mol. The zero-order valence-electron chi connectivity index (χ0n) is 17.0. The maximum atomic E-state index is 13.4. The van der Waals surface area contributed by atoms with E-state index in [0.29, 0.717) is 42.2 Å². The normalized spacial score (nSPS) is 18.4. The number of halogens is 3. The molecule has 0 bridgehead atoms. The molecule has 162 valence electrons. The molecule has 1 N–H and O–H groups in total. The highest BCUT2D eigenvalue weighted by atomic mass is 32.2. The SMILES string of the molecule is C=CC(F)(F)Sc1ccc(CNCC2=CCCc3c2cnn3C2=CCC(F)C=C2)cc1. The minimum Gasteiger partial charge on any atom is -0.309 e. The van der Waals surface area contributed by atoms with Crippen molar-refractivity contribution in [2.75, 3.05) is 6.54 Å². The summed E-state index contributed by atoms with van der Waals surface area (Å²) in [7, 11) is 0. The second-order valence-corrected chi connectivity index (χ2v) is 8.76. The van der Waals surface area contributed by atoms with Crippen LogP contribution in [0.2, 0.25) is 0 Å². The number of alkyl halides is 3. The van der Waals surface area contributed by atoms with Crippen LogP contribution in [0.3, 0.4) is 0 Å². The first-order valence-electron chi connectivity index (χ1n) is 10.2. The van der Waals surface area contributed by atoms with Gasteiger partial charge in [0.15, 0.2) is 0 Å². The molecule has 2 aliphatic carbocycles. The Bertz CT molecular complexity index is 1030. The largest absolute Gasteiger partial charge is 0.316 e. The first-order valence-corrected chi connectivity index (χ1v) is 11.1. The molecule has 0 radical (unpaired) electrons. The lowest BCUT2D eigenvalue weighted by molar-refractivity contribution is 0.163. The Morgan fingerprint density at radius 2 is 2.03 bits per heavy atom. The predicted molar refractivity (Wildman–Crippen MR) is 121 cm³/mol. The van der Waals surface area contributed by atoms with Gasteiger partial charge in [-0.15, -0.1) is 0 Å². The fourth-order valence-electron chi connectivity index (χ4n) is 3.72. The molecule has 2 aliphatic rings.